The summed E-state index contributed by atoms with van der Waals surface area (Å²) in [4.78, 5) is 26.9. The second-order valence-electron chi connectivity index (χ2n) is 5.74. The summed E-state index contributed by atoms with van der Waals surface area (Å²) in [5.74, 6) is 0.848. The molecule has 4 rings (SSSR count). The van der Waals surface area contributed by atoms with Crippen LogP contribution in [0.25, 0.3) is 0 Å². The quantitative estimate of drug-likeness (QED) is 0.662. The molecule has 0 saturated carbocycles. The van der Waals surface area contributed by atoms with Crippen molar-refractivity contribution in [3.05, 3.63) is 83.9 Å². The van der Waals surface area contributed by atoms with Crippen LogP contribution in [0.15, 0.2) is 72.8 Å². The molecule has 128 valence electrons. The lowest BCUT2D eigenvalue weighted by Crippen LogP contribution is -2.29. The Labute approximate surface area is 150 Å². The van der Waals surface area contributed by atoms with Crippen LogP contribution in [-0.2, 0) is 0 Å². The van der Waals surface area contributed by atoms with E-state index in [-0.39, 0.29) is 11.5 Å². The third-order valence-corrected chi connectivity index (χ3v) is 4.18. The summed E-state index contributed by atoms with van der Waals surface area (Å²) in [6.07, 6.45) is 0. The van der Waals surface area contributed by atoms with Gasteiger partial charge in [0.25, 0.3) is 11.8 Å². The summed E-state index contributed by atoms with van der Waals surface area (Å²) in [6.45, 7) is 0. The molecule has 0 N–H and O–H groups in total. The van der Waals surface area contributed by atoms with Gasteiger partial charge in [-0.25, -0.2) is 4.90 Å². The number of anilines is 1. The van der Waals surface area contributed by atoms with Gasteiger partial charge >= 0.3 is 0 Å². The van der Waals surface area contributed by atoms with Crippen molar-refractivity contribution in [2.45, 2.75) is 0 Å². The molecule has 0 bridgehead atoms. The molecule has 0 aliphatic carbocycles. The Kier molecular flexibility index (Phi) is 3.89. The van der Waals surface area contributed by atoms with Crippen LogP contribution in [0.3, 0.4) is 0 Å². The van der Waals surface area contributed by atoms with Crippen molar-refractivity contribution >= 4 is 17.5 Å². The first-order chi connectivity index (χ1) is 12.7. The van der Waals surface area contributed by atoms with Gasteiger partial charge in [0, 0.05) is 0 Å². The van der Waals surface area contributed by atoms with E-state index >= 15 is 0 Å². The molecule has 5 nitrogen and oxygen atoms in total. The highest BCUT2D eigenvalue weighted by atomic mass is 16.5. The molecule has 1 aliphatic heterocycles. The van der Waals surface area contributed by atoms with Gasteiger partial charge in [-0.3, -0.25) is 9.59 Å². The second-order valence-corrected chi connectivity index (χ2v) is 5.74. The van der Waals surface area contributed by atoms with Gasteiger partial charge in [-0.2, -0.15) is 0 Å². The Balaban J connectivity index is 1.73. The maximum Gasteiger partial charge on any atom is 0.269 e. The molecule has 3 aromatic carbocycles. The van der Waals surface area contributed by atoms with Crippen LogP contribution < -0.4 is 14.4 Å². The van der Waals surface area contributed by atoms with Crippen molar-refractivity contribution in [3.8, 4) is 17.2 Å². The standard InChI is InChI=1S/C21H15NO4/c1-25-15-12-10-14(11-13-15)22-20(23)17-8-5-9-18(19(17)21(22)24)26-16-6-3-2-4-7-16/h2-13H,1H3. The Morgan fingerprint density at radius 3 is 2.15 bits per heavy atom. The van der Waals surface area contributed by atoms with E-state index in [9.17, 15) is 9.59 Å². The molecule has 0 atom stereocenters. The highest BCUT2D eigenvalue weighted by molar-refractivity contribution is 6.35. The zero-order chi connectivity index (χ0) is 18.1. The summed E-state index contributed by atoms with van der Waals surface area (Å²) in [6, 6.07) is 21.0. The van der Waals surface area contributed by atoms with E-state index in [1.54, 1.807) is 61.7 Å². The number of hydrogen-bond donors (Lipinski definition) is 0. The molecule has 0 saturated heterocycles. The first-order valence-electron chi connectivity index (χ1n) is 8.08. The third kappa shape index (κ3) is 2.59. The van der Waals surface area contributed by atoms with Crippen LogP contribution in [-0.4, -0.2) is 18.9 Å². The molecule has 5 heteroatoms. The van der Waals surface area contributed by atoms with Gasteiger partial charge in [0.2, 0.25) is 0 Å². The molecular weight excluding hydrogens is 330 g/mol. The number of para-hydroxylation sites is 1. The maximum atomic E-state index is 13.0. The van der Waals surface area contributed by atoms with Crippen molar-refractivity contribution < 1.29 is 19.1 Å². The maximum absolute atomic E-state index is 13.0. The minimum Gasteiger partial charge on any atom is -0.497 e. The summed E-state index contributed by atoms with van der Waals surface area (Å²) < 4.78 is 11.0. The van der Waals surface area contributed by atoms with Crippen LogP contribution in [0.1, 0.15) is 20.7 Å². The average Bonchev–Trinajstić information content (AvgIpc) is 2.94. The highest BCUT2D eigenvalue weighted by Crippen LogP contribution is 2.36. The Bertz CT molecular complexity index is 981. The van der Waals surface area contributed by atoms with Gasteiger partial charge in [0.1, 0.15) is 17.2 Å². The van der Waals surface area contributed by atoms with Crippen LogP contribution in [0.2, 0.25) is 0 Å². The van der Waals surface area contributed by atoms with Gasteiger partial charge in [-0.1, -0.05) is 24.3 Å². The minimum atomic E-state index is -0.401. The van der Waals surface area contributed by atoms with Crippen LogP contribution in [0.4, 0.5) is 5.69 Å². The van der Waals surface area contributed by atoms with E-state index in [4.69, 9.17) is 9.47 Å². The average molecular weight is 345 g/mol. The number of fused-ring (bicyclic) bond motifs is 1. The van der Waals surface area contributed by atoms with E-state index in [0.29, 0.717) is 28.5 Å². The van der Waals surface area contributed by atoms with Gasteiger partial charge in [-0.15, -0.1) is 0 Å². The van der Waals surface area contributed by atoms with Crippen LogP contribution in [0, 0.1) is 0 Å². The van der Waals surface area contributed by atoms with Gasteiger partial charge in [0.05, 0.1) is 23.9 Å². The number of nitrogens with zero attached hydrogens (tertiary/aromatic N) is 1. The monoisotopic (exact) mass is 345 g/mol. The lowest BCUT2D eigenvalue weighted by molar-refractivity contribution is 0.0925. The van der Waals surface area contributed by atoms with E-state index in [2.05, 4.69) is 0 Å². The molecule has 0 aromatic heterocycles. The summed E-state index contributed by atoms with van der Waals surface area (Å²) >= 11 is 0. The number of carbonyl (C=O) groups is 2. The second kappa shape index (κ2) is 6.37. The van der Waals surface area contributed by atoms with E-state index in [1.807, 2.05) is 18.2 Å². The number of methoxy groups -OCH3 is 1. The molecular formula is C21H15NO4. The predicted molar refractivity (Wildman–Crippen MR) is 97.1 cm³/mol. The van der Waals surface area contributed by atoms with E-state index < -0.39 is 5.91 Å². The first-order valence-corrected chi connectivity index (χ1v) is 8.08. The molecule has 3 aromatic rings. The summed E-state index contributed by atoms with van der Waals surface area (Å²) in [5.41, 5.74) is 1.10. The fourth-order valence-electron chi connectivity index (χ4n) is 2.92. The highest BCUT2D eigenvalue weighted by Gasteiger charge is 2.39. The van der Waals surface area contributed by atoms with Gasteiger partial charge in [-0.05, 0) is 48.5 Å². The smallest absolute Gasteiger partial charge is 0.269 e. The molecule has 0 spiro atoms. The minimum absolute atomic E-state index is 0.275. The van der Waals surface area contributed by atoms with Crippen LogP contribution in [0.5, 0.6) is 17.2 Å². The predicted octanol–water partition coefficient (Wildman–Crippen LogP) is 4.29. The van der Waals surface area contributed by atoms with Crippen molar-refractivity contribution in [1.82, 2.24) is 0 Å². The van der Waals surface area contributed by atoms with Crippen molar-refractivity contribution in [2.75, 3.05) is 12.0 Å². The number of carbonyl (C=O) groups excluding carboxylic acids is 2. The van der Waals surface area contributed by atoms with Gasteiger partial charge < -0.3 is 9.47 Å². The fraction of sp³-hybridized carbons (Fsp3) is 0.0476. The van der Waals surface area contributed by atoms with Crippen LogP contribution >= 0.6 is 0 Å². The number of ether oxygens (including phenoxy) is 2. The van der Waals surface area contributed by atoms with Crippen molar-refractivity contribution in [3.63, 3.8) is 0 Å². The largest absolute Gasteiger partial charge is 0.497 e. The number of benzene rings is 3. The fourth-order valence-corrected chi connectivity index (χ4v) is 2.92. The number of amides is 2. The molecule has 0 unspecified atom stereocenters. The molecule has 26 heavy (non-hydrogen) atoms. The molecule has 1 heterocycles. The zero-order valence-corrected chi connectivity index (χ0v) is 14.0. The number of rotatable bonds is 4. The topological polar surface area (TPSA) is 55.8 Å². The first kappa shape index (κ1) is 15.9. The third-order valence-electron chi connectivity index (χ3n) is 4.18. The van der Waals surface area contributed by atoms with Crippen molar-refractivity contribution in [2.24, 2.45) is 0 Å². The van der Waals surface area contributed by atoms with Gasteiger partial charge in [0.15, 0.2) is 0 Å². The Morgan fingerprint density at radius 1 is 0.731 bits per heavy atom. The van der Waals surface area contributed by atoms with E-state index in [1.165, 1.54) is 0 Å². The number of imide groups is 1. The lowest BCUT2D eigenvalue weighted by Gasteiger charge is -2.14. The SMILES string of the molecule is COc1ccc(N2C(=O)c3cccc(Oc4ccccc4)c3C2=O)cc1. The normalized spacial score (nSPS) is 12.9. The number of hydrogen-bond acceptors (Lipinski definition) is 4. The molecule has 0 fully saturated rings. The van der Waals surface area contributed by atoms with E-state index in [0.717, 1.165) is 4.90 Å². The summed E-state index contributed by atoms with van der Waals surface area (Å²) in [5, 5.41) is 0. The summed E-state index contributed by atoms with van der Waals surface area (Å²) in [7, 11) is 1.56. The van der Waals surface area contributed by atoms with Crippen molar-refractivity contribution in [1.29, 1.82) is 0 Å². The zero-order valence-electron chi connectivity index (χ0n) is 14.0. The molecule has 2 amide bonds. The Hall–Kier alpha value is -3.60. The lowest BCUT2D eigenvalue weighted by atomic mass is 10.1. The molecule has 1 aliphatic rings. The molecule has 0 radical (unpaired) electrons. The Morgan fingerprint density at radius 2 is 1.46 bits per heavy atom.